The Kier molecular flexibility index (Phi) is 12.4. The summed E-state index contributed by atoms with van der Waals surface area (Å²) in [6.45, 7) is 0. The number of esters is 1. The molecule has 5 aromatic carbocycles. The molecule has 1 aliphatic rings. The van der Waals surface area contributed by atoms with Crippen molar-refractivity contribution in [1.82, 2.24) is 5.32 Å². The quantitative estimate of drug-likeness (QED) is 0.0646. The molecule has 1 aromatic heterocycles. The highest BCUT2D eigenvalue weighted by Gasteiger charge is 2.32. The van der Waals surface area contributed by atoms with Crippen LogP contribution in [0.3, 0.4) is 0 Å². The van der Waals surface area contributed by atoms with Gasteiger partial charge in [-0.2, -0.15) is 0 Å². The van der Waals surface area contributed by atoms with Crippen LogP contribution in [0, 0.1) is 5.82 Å². The topological polar surface area (TPSA) is 114 Å². The van der Waals surface area contributed by atoms with Gasteiger partial charge in [0.25, 0.3) is 11.8 Å². The number of rotatable bonds is 12. The first kappa shape index (κ1) is 39.0. The van der Waals surface area contributed by atoms with Crippen LogP contribution in [0.1, 0.15) is 65.4 Å². The van der Waals surface area contributed by atoms with Crippen LogP contribution in [-0.2, 0) is 27.2 Å². The molecule has 3 amide bonds. The molecule has 1 heterocycles. The zero-order valence-electron chi connectivity index (χ0n) is 30.9. The van der Waals surface area contributed by atoms with Crippen molar-refractivity contribution in [2.24, 2.45) is 0 Å². The summed E-state index contributed by atoms with van der Waals surface area (Å²) >= 11 is 2.69. The van der Waals surface area contributed by atoms with E-state index in [1.807, 2.05) is 54.6 Å². The lowest BCUT2D eigenvalue weighted by Crippen LogP contribution is -2.30. The predicted molar refractivity (Wildman–Crippen MR) is 224 cm³/mol. The lowest BCUT2D eigenvalue weighted by molar-refractivity contribution is -0.116. The number of halogens is 1. The number of anilines is 2. The Labute approximate surface area is 338 Å². The Morgan fingerprint density at radius 1 is 0.825 bits per heavy atom. The van der Waals surface area contributed by atoms with Crippen LogP contribution in [0.15, 0.2) is 150 Å². The van der Waals surface area contributed by atoms with E-state index in [4.69, 9.17) is 4.74 Å². The van der Waals surface area contributed by atoms with Crippen molar-refractivity contribution in [3.05, 3.63) is 189 Å². The van der Waals surface area contributed by atoms with Gasteiger partial charge < -0.3 is 20.7 Å². The Morgan fingerprint density at radius 2 is 1.51 bits per heavy atom. The monoisotopic (exact) mass is 795 g/mol. The average Bonchev–Trinajstić information content (AvgIpc) is 3.60. The second kappa shape index (κ2) is 18.1. The minimum absolute atomic E-state index is 0.120. The second-order valence-electron chi connectivity index (χ2n) is 13.3. The molecule has 1 aliphatic carbocycles. The van der Waals surface area contributed by atoms with Crippen molar-refractivity contribution in [3.8, 4) is 0 Å². The van der Waals surface area contributed by atoms with Crippen molar-refractivity contribution < 1.29 is 28.3 Å². The van der Waals surface area contributed by atoms with Gasteiger partial charge in [-0.1, -0.05) is 103 Å². The number of thiophene rings is 1. The molecule has 0 fully saturated rings. The molecule has 0 saturated heterocycles. The number of carbonyl (C=O) groups is 4. The van der Waals surface area contributed by atoms with E-state index in [2.05, 4.69) is 28.1 Å². The van der Waals surface area contributed by atoms with Gasteiger partial charge in [-0.15, -0.1) is 23.1 Å². The molecule has 3 N–H and O–H groups in total. The number of carbonyl (C=O) groups excluding carboxylic acids is 4. The number of hydrogen-bond acceptors (Lipinski definition) is 7. The fourth-order valence-corrected chi connectivity index (χ4v) is 9.15. The Balaban J connectivity index is 1.13. The molecule has 0 saturated carbocycles. The van der Waals surface area contributed by atoms with Gasteiger partial charge in [-0.05, 0) is 84.3 Å². The van der Waals surface area contributed by atoms with Crippen LogP contribution >= 0.6 is 23.1 Å². The molecule has 7 rings (SSSR count). The first-order valence-corrected chi connectivity index (χ1v) is 20.0. The highest BCUT2D eigenvalue weighted by Crippen LogP contribution is 2.44. The second-order valence-corrected chi connectivity index (χ2v) is 15.6. The highest BCUT2D eigenvalue weighted by atomic mass is 32.2. The fourth-order valence-electron chi connectivity index (χ4n) is 6.75. The first-order chi connectivity index (χ1) is 27.8. The van der Waals surface area contributed by atoms with Crippen molar-refractivity contribution in [3.63, 3.8) is 0 Å². The molecular weight excluding hydrogens is 758 g/mol. The molecule has 6 aromatic rings. The van der Waals surface area contributed by atoms with Crippen molar-refractivity contribution in [2.75, 3.05) is 17.7 Å². The van der Waals surface area contributed by atoms with Gasteiger partial charge in [0.1, 0.15) is 21.8 Å². The van der Waals surface area contributed by atoms with Crippen molar-refractivity contribution in [1.29, 1.82) is 0 Å². The normalized spacial score (nSPS) is 14.1. The smallest absolute Gasteiger partial charge is 0.341 e. The maximum atomic E-state index is 14.7. The number of thioether (sulfide) groups is 1. The van der Waals surface area contributed by atoms with Crippen LogP contribution in [-0.4, -0.2) is 30.8 Å². The number of methoxy groups -OCH3 is 1. The van der Waals surface area contributed by atoms with Gasteiger partial charge in [0.2, 0.25) is 5.91 Å². The van der Waals surface area contributed by atoms with E-state index in [1.165, 1.54) is 60.0 Å². The number of nitrogens with one attached hydrogen (secondary N) is 3. The zero-order chi connectivity index (χ0) is 39.7. The largest absolute Gasteiger partial charge is 0.465 e. The molecule has 0 bridgehead atoms. The SMILES string of the molecule is COC(=O)c1c(NC(=O)C(Sc2cccc(NC(=O)/C(=C/c3ccccc3F)NC(=O)c3ccccc3)c2)c2ccccc2)sc2c1CCC(c1ccccc1)C2. The molecule has 11 heteroatoms. The van der Waals surface area contributed by atoms with E-state index in [0.717, 1.165) is 28.8 Å². The lowest BCUT2D eigenvalue weighted by atomic mass is 9.83. The van der Waals surface area contributed by atoms with Gasteiger partial charge in [0.05, 0.1) is 12.7 Å². The molecule has 2 atom stereocenters. The third-order valence-corrected chi connectivity index (χ3v) is 12.0. The molecule has 0 spiro atoms. The average molecular weight is 796 g/mol. The summed E-state index contributed by atoms with van der Waals surface area (Å²) in [5.74, 6) is -2.28. The summed E-state index contributed by atoms with van der Waals surface area (Å²) in [6.07, 6.45) is 3.60. The van der Waals surface area contributed by atoms with E-state index in [-0.39, 0.29) is 17.2 Å². The molecule has 0 aliphatic heterocycles. The Morgan fingerprint density at radius 3 is 2.23 bits per heavy atom. The van der Waals surface area contributed by atoms with Gasteiger partial charge in [0, 0.05) is 26.6 Å². The predicted octanol–water partition coefficient (Wildman–Crippen LogP) is 9.83. The van der Waals surface area contributed by atoms with Gasteiger partial charge in [-0.25, -0.2) is 9.18 Å². The molecule has 0 radical (unpaired) electrons. The number of ether oxygens (including phenoxy) is 1. The van der Waals surface area contributed by atoms with Crippen molar-refractivity contribution in [2.45, 2.75) is 35.3 Å². The molecular formula is C46H38FN3O5S2. The molecule has 286 valence electrons. The molecule has 57 heavy (non-hydrogen) atoms. The fraction of sp³-hybridized carbons (Fsp3) is 0.130. The van der Waals surface area contributed by atoms with E-state index < -0.39 is 28.9 Å². The van der Waals surface area contributed by atoms with Crippen LogP contribution in [0.2, 0.25) is 0 Å². The van der Waals surface area contributed by atoms with Gasteiger partial charge >= 0.3 is 5.97 Å². The Hall–Kier alpha value is -6.30. The lowest BCUT2D eigenvalue weighted by Gasteiger charge is -2.22. The van der Waals surface area contributed by atoms with Crippen LogP contribution < -0.4 is 16.0 Å². The van der Waals surface area contributed by atoms with E-state index in [0.29, 0.717) is 39.0 Å². The maximum Gasteiger partial charge on any atom is 0.341 e. The summed E-state index contributed by atoms with van der Waals surface area (Å²) in [4.78, 5) is 56.1. The maximum absolute atomic E-state index is 14.7. The summed E-state index contributed by atoms with van der Waals surface area (Å²) in [6, 6.07) is 40.9. The summed E-state index contributed by atoms with van der Waals surface area (Å²) < 4.78 is 19.9. The van der Waals surface area contributed by atoms with Gasteiger partial charge in [-0.3, -0.25) is 14.4 Å². The van der Waals surface area contributed by atoms with E-state index in [9.17, 15) is 23.6 Å². The summed E-state index contributed by atoms with van der Waals surface area (Å²) in [7, 11) is 1.35. The third kappa shape index (κ3) is 9.40. The van der Waals surface area contributed by atoms with Crippen LogP contribution in [0.4, 0.5) is 15.1 Å². The first-order valence-electron chi connectivity index (χ1n) is 18.3. The van der Waals surface area contributed by atoms with Crippen LogP contribution in [0.25, 0.3) is 6.08 Å². The summed E-state index contributed by atoms with van der Waals surface area (Å²) in [5, 5.41) is 8.25. The van der Waals surface area contributed by atoms with Crippen LogP contribution in [0.5, 0.6) is 0 Å². The highest BCUT2D eigenvalue weighted by molar-refractivity contribution is 8.00. The molecule has 8 nitrogen and oxygen atoms in total. The van der Waals surface area contributed by atoms with Crippen molar-refractivity contribution >= 4 is 63.6 Å². The number of amides is 3. The van der Waals surface area contributed by atoms with E-state index >= 15 is 0 Å². The van der Waals surface area contributed by atoms with E-state index in [1.54, 1.807) is 54.6 Å². The number of hydrogen-bond donors (Lipinski definition) is 3. The minimum atomic E-state index is -0.750. The number of fused-ring (bicyclic) bond motifs is 1. The summed E-state index contributed by atoms with van der Waals surface area (Å²) in [5.41, 5.74) is 3.97. The molecule has 2 unspecified atom stereocenters. The third-order valence-electron chi connectivity index (χ3n) is 9.58. The number of benzene rings is 5. The zero-order valence-corrected chi connectivity index (χ0v) is 32.5. The minimum Gasteiger partial charge on any atom is -0.465 e. The Bertz CT molecular complexity index is 2440. The standard InChI is InChI=1S/C46H38FN3O5S2/c1-55-46(54)40-36-25-24-32(29-14-5-2-6-15-29)27-39(36)57-45(40)50-44(53)41(30-16-7-3-8-17-30)56-35-22-13-21-34(28-35)48-43(52)38(26-33-20-11-12-23-37(33)47)49-42(51)31-18-9-4-10-19-31/h2-23,26,28,32,41H,24-25,27H2,1H3,(H,48,52)(H,49,51)(H,50,53)/b38-26-. The van der Waals surface area contributed by atoms with Gasteiger partial charge in [0.15, 0.2) is 0 Å².